The summed E-state index contributed by atoms with van der Waals surface area (Å²) in [6, 6.07) is 14.6. The fraction of sp³-hybridized carbons (Fsp3) is 0.296. The summed E-state index contributed by atoms with van der Waals surface area (Å²) >= 11 is 0. The van der Waals surface area contributed by atoms with Crippen LogP contribution in [0.5, 0.6) is 0 Å². The summed E-state index contributed by atoms with van der Waals surface area (Å²) in [4.78, 5) is 39.5. The number of primary amides is 1. The summed E-state index contributed by atoms with van der Waals surface area (Å²) in [6.45, 7) is 3.90. The molecule has 2 aromatic carbocycles. The Kier molecular flexibility index (Phi) is 9.13. The molecule has 0 saturated heterocycles. The minimum Gasteiger partial charge on any atom is -0.370 e. The van der Waals surface area contributed by atoms with Crippen molar-refractivity contribution < 1.29 is 14.4 Å². The molecule has 1 aliphatic rings. The number of benzene rings is 2. The van der Waals surface area contributed by atoms with Crippen molar-refractivity contribution in [3.05, 3.63) is 94.6 Å². The first kappa shape index (κ1) is 26.9. The number of carbonyl (C=O) groups excluding carboxylic acids is 3. The van der Waals surface area contributed by atoms with Crippen LogP contribution in [-0.2, 0) is 4.79 Å². The van der Waals surface area contributed by atoms with Crippen LogP contribution in [0.4, 0.5) is 0 Å². The van der Waals surface area contributed by atoms with Gasteiger partial charge in [0, 0.05) is 34.8 Å². The molecule has 0 fully saturated rings. The normalized spacial score (nSPS) is 19.5. The summed E-state index contributed by atoms with van der Waals surface area (Å²) in [6.07, 6.45) is 5.19. The van der Waals surface area contributed by atoms with Crippen LogP contribution in [0.15, 0.2) is 72.3 Å². The number of Topliss-reactive ketones (excluding diaryl/α,β-unsaturated/α-hetero) is 2. The minimum absolute atomic E-state index is 0.161. The van der Waals surface area contributed by atoms with Crippen LogP contribution in [-0.4, -0.2) is 34.1 Å². The maximum atomic E-state index is 14.3. The van der Waals surface area contributed by atoms with Crippen LogP contribution in [0, 0.1) is 19.8 Å². The Bertz CT molecular complexity index is 1140. The summed E-state index contributed by atoms with van der Waals surface area (Å²) in [5.74, 6) is -0.881. The highest BCUT2D eigenvalue weighted by Crippen LogP contribution is 2.52. The van der Waals surface area contributed by atoms with Crippen LogP contribution in [0.25, 0.3) is 0 Å². The first-order chi connectivity index (χ1) is 16.6. The third-order valence-electron chi connectivity index (χ3n) is 5.89. The number of rotatable bonds is 11. The minimum atomic E-state index is -1.29. The van der Waals surface area contributed by atoms with Crippen molar-refractivity contribution in [2.45, 2.75) is 37.6 Å². The van der Waals surface area contributed by atoms with Gasteiger partial charge in [-0.15, -0.1) is 0 Å². The number of ketones is 2. The van der Waals surface area contributed by atoms with Crippen molar-refractivity contribution in [1.29, 1.82) is 0 Å². The lowest BCUT2D eigenvalue weighted by Crippen LogP contribution is -2.49. The molecule has 0 aromatic heterocycles. The van der Waals surface area contributed by atoms with Crippen LogP contribution in [0.2, 0.25) is 0 Å². The molecule has 6 nitrogen and oxygen atoms in total. The van der Waals surface area contributed by atoms with Crippen LogP contribution in [0.1, 0.15) is 44.7 Å². The molecule has 0 heterocycles. The number of hydrogen-bond acceptors (Lipinski definition) is 7. The van der Waals surface area contributed by atoms with Crippen molar-refractivity contribution >= 4 is 39.1 Å². The first-order valence-corrected chi connectivity index (χ1v) is 13.7. The molecule has 0 radical (unpaired) electrons. The topological polar surface area (TPSA) is 129 Å². The Morgan fingerprint density at radius 2 is 1.51 bits per heavy atom. The highest BCUT2D eigenvalue weighted by atomic mass is 33.1. The van der Waals surface area contributed by atoms with Gasteiger partial charge in [-0.3, -0.25) is 14.4 Å². The molecule has 0 bridgehead atoms. The van der Waals surface area contributed by atoms with Crippen LogP contribution in [0.3, 0.4) is 0 Å². The molecule has 2 atom stereocenters. The van der Waals surface area contributed by atoms with Gasteiger partial charge >= 0.3 is 0 Å². The quantitative estimate of drug-likeness (QED) is 0.180. The maximum Gasteiger partial charge on any atom is 0.218 e. The molecule has 35 heavy (non-hydrogen) atoms. The number of nitrogens with two attached hydrogens (primary N) is 3. The fourth-order valence-electron chi connectivity index (χ4n) is 4.02. The molecule has 0 aliphatic heterocycles. The van der Waals surface area contributed by atoms with E-state index < -0.39 is 22.7 Å². The van der Waals surface area contributed by atoms with Crippen molar-refractivity contribution in [2.75, 3.05) is 5.75 Å². The molecular weight excluding hydrogens is 478 g/mol. The summed E-state index contributed by atoms with van der Waals surface area (Å²) in [7, 11) is 2.64. The molecular formula is C27H31N3O3S2. The Labute approximate surface area is 214 Å². The van der Waals surface area contributed by atoms with E-state index in [9.17, 15) is 14.4 Å². The molecule has 2 unspecified atom stereocenters. The molecule has 1 aliphatic carbocycles. The van der Waals surface area contributed by atoms with Gasteiger partial charge in [-0.1, -0.05) is 99.5 Å². The second-order valence-electron chi connectivity index (χ2n) is 8.72. The molecule has 184 valence electrons. The van der Waals surface area contributed by atoms with Gasteiger partial charge in [0.1, 0.15) is 4.75 Å². The number of allylic oxidation sites excluding steroid dienone is 3. The summed E-state index contributed by atoms with van der Waals surface area (Å²) < 4.78 is -1.29. The zero-order valence-electron chi connectivity index (χ0n) is 19.9. The van der Waals surface area contributed by atoms with E-state index in [2.05, 4.69) is 0 Å². The summed E-state index contributed by atoms with van der Waals surface area (Å²) in [5, 5.41) is 0. The van der Waals surface area contributed by atoms with Crippen molar-refractivity contribution in [3.8, 4) is 0 Å². The van der Waals surface area contributed by atoms with E-state index in [0.717, 1.165) is 11.1 Å². The van der Waals surface area contributed by atoms with E-state index in [-0.39, 0.29) is 18.0 Å². The molecule has 3 rings (SSSR count). The van der Waals surface area contributed by atoms with Crippen LogP contribution >= 0.6 is 21.6 Å². The van der Waals surface area contributed by atoms with Gasteiger partial charge in [-0.25, -0.2) is 0 Å². The van der Waals surface area contributed by atoms with E-state index in [1.807, 2.05) is 44.2 Å². The predicted octanol–water partition coefficient (Wildman–Crippen LogP) is 4.11. The Morgan fingerprint density at radius 3 is 2.06 bits per heavy atom. The van der Waals surface area contributed by atoms with E-state index in [1.165, 1.54) is 21.6 Å². The SMILES string of the molecule is Cc1ccc(C(=O)C2=CC=CC(CC(N)N)C2(SSCCC(N)=O)C(=O)c2ccc(C)cc2)cc1. The van der Waals surface area contributed by atoms with Gasteiger partial charge < -0.3 is 17.2 Å². The largest absolute Gasteiger partial charge is 0.370 e. The van der Waals surface area contributed by atoms with Gasteiger partial charge in [-0.2, -0.15) is 0 Å². The molecule has 6 N–H and O–H groups in total. The lowest BCUT2D eigenvalue weighted by Gasteiger charge is -2.41. The van der Waals surface area contributed by atoms with E-state index in [4.69, 9.17) is 17.2 Å². The highest BCUT2D eigenvalue weighted by Gasteiger charge is 2.52. The number of aryl methyl sites for hydroxylation is 2. The lowest BCUT2D eigenvalue weighted by molar-refractivity contribution is -0.117. The van der Waals surface area contributed by atoms with Gasteiger partial charge in [0.15, 0.2) is 11.6 Å². The number of hydrogen-bond donors (Lipinski definition) is 3. The van der Waals surface area contributed by atoms with Gasteiger partial charge in [-0.05, 0) is 20.3 Å². The Hall–Kier alpha value is -2.65. The first-order valence-electron chi connectivity index (χ1n) is 11.4. The molecule has 1 amide bonds. The van der Waals surface area contributed by atoms with Gasteiger partial charge in [0.2, 0.25) is 5.91 Å². The third-order valence-corrected chi connectivity index (χ3v) is 8.99. The predicted molar refractivity (Wildman–Crippen MR) is 145 cm³/mol. The molecule has 2 aromatic rings. The van der Waals surface area contributed by atoms with Gasteiger partial charge in [0.25, 0.3) is 0 Å². The standard InChI is InChI=1S/C27H31N3O3S2/c1-17-6-10-19(11-7-17)25(32)22-5-3-4-21(16-23(28)29)27(22,35-34-15-14-24(30)31)26(33)20-12-8-18(2)9-13-20/h3-13,21,23H,14-16,28-29H2,1-2H3,(H2,30,31). The zero-order chi connectivity index (χ0) is 25.6. The summed E-state index contributed by atoms with van der Waals surface area (Å²) in [5.41, 5.74) is 20.7. The average molecular weight is 510 g/mol. The average Bonchev–Trinajstić information content (AvgIpc) is 2.82. The van der Waals surface area contributed by atoms with E-state index >= 15 is 0 Å². The Morgan fingerprint density at radius 1 is 0.943 bits per heavy atom. The van der Waals surface area contributed by atoms with Crippen LogP contribution < -0.4 is 17.2 Å². The Balaban J connectivity index is 2.15. The fourth-order valence-corrected chi connectivity index (χ4v) is 7.24. The second-order valence-corrected chi connectivity index (χ2v) is 11.4. The third kappa shape index (κ3) is 6.32. The van der Waals surface area contributed by atoms with Crippen molar-refractivity contribution in [3.63, 3.8) is 0 Å². The van der Waals surface area contributed by atoms with Gasteiger partial charge in [0.05, 0.1) is 6.17 Å². The lowest BCUT2D eigenvalue weighted by atomic mass is 9.72. The zero-order valence-corrected chi connectivity index (χ0v) is 21.5. The molecule has 0 spiro atoms. The maximum absolute atomic E-state index is 14.3. The van der Waals surface area contributed by atoms with Crippen molar-refractivity contribution in [2.24, 2.45) is 23.1 Å². The number of carbonyl (C=O) groups is 3. The molecule has 8 heteroatoms. The number of amides is 1. The molecule has 0 saturated carbocycles. The second kappa shape index (κ2) is 11.9. The van der Waals surface area contributed by atoms with E-state index in [1.54, 1.807) is 36.4 Å². The van der Waals surface area contributed by atoms with E-state index in [0.29, 0.717) is 28.9 Å². The monoisotopic (exact) mass is 509 g/mol. The smallest absolute Gasteiger partial charge is 0.218 e. The van der Waals surface area contributed by atoms with Crippen molar-refractivity contribution in [1.82, 2.24) is 0 Å². The highest BCUT2D eigenvalue weighted by molar-refractivity contribution is 8.77.